The van der Waals surface area contributed by atoms with Gasteiger partial charge in [-0.25, -0.2) is 0 Å². The molecule has 0 fully saturated rings. The van der Waals surface area contributed by atoms with Crippen molar-refractivity contribution in [1.29, 1.82) is 0 Å². The summed E-state index contributed by atoms with van der Waals surface area (Å²) in [5.74, 6) is 0.105. The van der Waals surface area contributed by atoms with Crippen molar-refractivity contribution >= 4 is 33.5 Å². The Morgan fingerprint density at radius 1 is 0.621 bits per heavy atom. The molecule has 0 unspecified atom stereocenters. The highest BCUT2D eigenvalue weighted by molar-refractivity contribution is 5.95. The van der Waals surface area contributed by atoms with E-state index in [1.807, 2.05) is 86.6 Å². The monoisotopic (exact) mass is 380 g/mol. The van der Waals surface area contributed by atoms with E-state index in [0.717, 1.165) is 33.3 Å². The van der Waals surface area contributed by atoms with E-state index < -0.39 is 0 Å². The number of azo groups is 2. The van der Waals surface area contributed by atoms with Crippen molar-refractivity contribution < 1.29 is 5.11 Å². The number of nitrogens with zero attached hydrogens (tertiary/aromatic N) is 4. The first kappa shape index (κ1) is 18.5. The van der Waals surface area contributed by atoms with E-state index in [1.165, 1.54) is 0 Å². The van der Waals surface area contributed by atoms with E-state index in [9.17, 15) is 5.11 Å². The predicted octanol–water partition coefficient (Wildman–Crippen LogP) is 7.99. The number of fused-ring (bicyclic) bond motifs is 1. The molecule has 0 amide bonds. The van der Waals surface area contributed by atoms with Crippen molar-refractivity contribution in [3.63, 3.8) is 0 Å². The van der Waals surface area contributed by atoms with Crippen LogP contribution in [-0.2, 0) is 0 Å². The zero-order valence-corrected chi connectivity index (χ0v) is 16.2. The second-order valence-corrected chi connectivity index (χ2v) is 6.81. The van der Waals surface area contributed by atoms with E-state index in [0.29, 0.717) is 11.4 Å². The second kappa shape index (κ2) is 8.02. The summed E-state index contributed by atoms with van der Waals surface area (Å²) in [6.07, 6.45) is 0. The number of aryl methyl sites for hydroxylation is 2. The van der Waals surface area contributed by atoms with Crippen LogP contribution >= 0.6 is 0 Å². The van der Waals surface area contributed by atoms with E-state index in [2.05, 4.69) is 20.5 Å². The molecule has 0 radical (unpaired) electrons. The lowest BCUT2D eigenvalue weighted by Crippen LogP contribution is -1.76. The van der Waals surface area contributed by atoms with Gasteiger partial charge in [0.05, 0.1) is 17.1 Å². The first-order valence-corrected chi connectivity index (χ1v) is 9.32. The summed E-state index contributed by atoms with van der Waals surface area (Å²) < 4.78 is 0. The number of rotatable bonds is 4. The maximum atomic E-state index is 10.2. The molecule has 5 heteroatoms. The third-order valence-corrected chi connectivity index (χ3v) is 4.71. The van der Waals surface area contributed by atoms with Crippen LogP contribution in [-0.4, -0.2) is 5.11 Å². The molecule has 0 aliphatic heterocycles. The average Bonchev–Trinajstić information content (AvgIpc) is 2.73. The Balaban J connectivity index is 1.61. The van der Waals surface area contributed by atoms with Gasteiger partial charge in [0.25, 0.3) is 0 Å². The van der Waals surface area contributed by atoms with Crippen molar-refractivity contribution in [2.24, 2.45) is 20.5 Å². The normalized spacial score (nSPS) is 11.7. The number of benzene rings is 4. The molecule has 1 N–H and O–H groups in total. The summed E-state index contributed by atoms with van der Waals surface area (Å²) in [4.78, 5) is 0. The fraction of sp³-hybridized carbons (Fsp3) is 0.0833. The van der Waals surface area contributed by atoms with Crippen LogP contribution in [0.15, 0.2) is 99.3 Å². The van der Waals surface area contributed by atoms with Crippen molar-refractivity contribution in [1.82, 2.24) is 0 Å². The van der Waals surface area contributed by atoms with Gasteiger partial charge in [-0.05, 0) is 60.7 Å². The molecular weight excluding hydrogens is 360 g/mol. The van der Waals surface area contributed by atoms with Gasteiger partial charge in [-0.2, -0.15) is 15.3 Å². The van der Waals surface area contributed by atoms with Gasteiger partial charge in [0, 0.05) is 5.39 Å². The Morgan fingerprint density at radius 3 is 2.17 bits per heavy atom. The summed E-state index contributed by atoms with van der Waals surface area (Å²) in [6, 6.07) is 24.8. The average molecular weight is 380 g/mol. The van der Waals surface area contributed by atoms with E-state index in [4.69, 9.17) is 0 Å². The number of phenols is 1. The molecule has 4 aromatic rings. The minimum atomic E-state index is 0.105. The van der Waals surface area contributed by atoms with E-state index in [1.54, 1.807) is 6.07 Å². The lowest BCUT2D eigenvalue weighted by molar-refractivity contribution is 0.477. The Morgan fingerprint density at radius 2 is 1.34 bits per heavy atom. The van der Waals surface area contributed by atoms with Gasteiger partial charge < -0.3 is 5.11 Å². The lowest BCUT2D eigenvalue weighted by Gasteiger charge is -2.04. The quantitative estimate of drug-likeness (QED) is 0.358. The molecular formula is C24H20N4O. The van der Waals surface area contributed by atoms with Gasteiger partial charge in [0.15, 0.2) is 0 Å². The SMILES string of the molecule is Cc1ccccc1/N=N/c1ccc(/N=N/c2c(O)ccc3ccccc23)c(C)c1. The molecule has 0 atom stereocenters. The third-order valence-electron chi connectivity index (χ3n) is 4.71. The van der Waals surface area contributed by atoms with E-state index >= 15 is 0 Å². The Bertz CT molecular complexity index is 1240. The largest absolute Gasteiger partial charge is 0.506 e. The third kappa shape index (κ3) is 4.04. The molecule has 0 spiro atoms. The van der Waals surface area contributed by atoms with Gasteiger partial charge >= 0.3 is 0 Å². The standard InChI is InChI=1S/C24H20N4O/c1-16-7-3-6-10-21(16)26-25-19-12-13-22(17(2)15-19)27-28-24-20-9-5-4-8-18(20)11-14-23(24)29/h3-15,29H,1-2H3/b26-25+,28-27+. The fourth-order valence-electron chi connectivity index (χ4n) is 3.05. The zero-order chi connectivity index (χ0) is 20.2. The van der Waals surface area contributed by atoms with Crippen LogP contribution in [0, 0.1) is 13.8 Å². The van der Waals surface area contributed by atoms with Crippen LogP contribution < -0.4 is 0 Å². The Kier molecular flexibility index (Phi) is 5.12. The molecule has 0 bridgehead atoms. The summed E-state index contributed by atoms with van der Waals surface area (Å²) in [7, 11) is 0. The topological polar surface area (TPSA) is 69.7 Å². The van der Waals surface area contributed by atoms with Gasteiger partial charge in [0.2, 0.25) is 0 Å². The Labute approximate surface area is 169 Å². The van der Waals surface area contributed by atoms with Crippen LogP contribution in [0.1, 0.15) is 11.1 Å². The first-order chi connectivity index (χ1) is 14.1. The first-order valence-electron chi connectivity index (χ1n) is 9.32. The maximum Gasteiger partial charge on any atom is 0.143 e. The van der Waals surface area contributed by atoms with Gasteiger partial charge in [-0.15, -0.1) is 5.11 Å². The minimum absolute atomic E-state index is 0.105. The van der Waals surface area contributed by atoms with E-state index in [-0.39, 0.29) is 5.75 Å². The van der Waals surface area contributed by atoms with Crippen LogP contribution in [0.25, 0.3) is 10.8 Å². The molecule has 4 aromatic carbocycles. The van der Waals surface area contributed by atoms with Crippen LogP contribution in [0.4, 0.5) is 22.7 Å². The molecule has 29 heavy (non-hydrogen) atoms. The molecule has 0 heterocycles. The van der Waals surface area contributed by atoms with Crippen LogP contribution in [0.5, 0.6) is 5.75 Å². The van der Waals surface area contributed by atoms with Crippen molar-refractivity contribution in [3.05, 3.63) is 90.0 Å². The summed E-state index contributed by atoms with van der Waals surface area (Å²) >= 11 is 0. The molecule has 0 aromatic heterocycles. The van der Waals surface area contributed by atoms with Crippen molar-refractivity contribution in [2.45, 2.75) is 13.8 Å². The molecule has 4 rings (SSSR count). The predicted molar refractivity (Wildman–Crippen MR) is 116 cm³/mol. The highest BCUT2D eigenvalue weighted by Crippen LogP contribution is 2.36. The smallest absolute Gasteiger partial charge is 0.143 e. The summed E-state index contributed by atoms with van der Waals surface area (Å²) in [6.45, 7) is 3.95. The molecule has 142 valence electrons. The summed E-state index contributed by atoms with van der Waals surface area (Å²) in [5.41, 5.74) is 4.78. The maximum absolute atomic E-state index is 10.2. The van der Waals surface area contributed by atoms with Crippen LogP contribution in [0.3, 0.4) is 0 Å². The lowest BCUT2D eigenvalue weighted by atomic mass is 10.1. The summed E-state index contributed by atoms with van der Waals surface area (Å²) in [5, 5.41) is 29.4. The highest BCUT2D eigenvalue weighted by Gasteiger charge is 2.06. The van der Waals surface area contributed by atoms with Gasteiger partial charge in [-0.3, -0.25) is 0 Å². The number of aromatic hydroxyl groups is 1. The molecule has 0 aliphatic rings. The zero-order valence-electron chi connectivity index (χ0n) is 16.2. The second-order valence-electron chi connectivity index (χ2n) is 6.81. The number of phenolic OH excluding ortho intramolecular Hbond substituents is 1. The number of hydrogen-bond acceptors (Lipinski definition) is 5. The Hall–Kier alpha value is -3.86. The minimum Gasteiger partial charge on any atom is -0.506 e. The molecule has 0 saturated carbocycles. The molecule has 5 nitrogen and oxygen atoms in total. The van der Waals surface area contributed by atoms with Crippen molar-refractivity contribution in [2.75, 3.05) is 0 Å². The number of hydrogen-bond donors (Lipinski definition) is 1. The van der Waals surface area contributed by atoms with Gasteiger partial charge in [-0.1, -0.05) is 48.5 Å². The van der Waals surface area contributed by atoms with Gasteiger partial charge in [0.1, 0.15) is 11.4 Å². The molecule has 0 saturated heterocycles. The highest BCUT2D eigenvalue weighted by atomic mass is 16.3. The van der Waals surface area contributed by atoms with Crippen molar-refractivity contribution in [3.8, 4) is 5.75 Å². The van der Waals surface area contributed by atoms with Crippen LogP contribution in [0.2, 0.25) is 0 Å². The fourth-order valence-corrected chi connectivity index (χ4v) is 3.05. The molecule has 0 aliphatic carbocycles.